The Morgan fingerprint density at radius 3 is 2.91 bits per heavy atom. The molecule has 2 bridgehead atoms. The summed E-state index contributed by atoms with van der Waals surface area (Å²) in [6.45, 7) is 0. The van der Waals surface area contributed by atoms with E-state index in [0.717, 1.165) is 19.0 Å². The molecule has 1 aromatic heterocycles. The highest BCUT2D eigenvalue weighted by atomic mass is 19.4. The fourth-order valence-corrected chi connectivity index (χ4v) is 3.95. The van der Waals surface area contributed by atoms with Gasteiger partial charge in [-0.1, -0.05) is 24.3 Å². The molecule has 0 radical (unpaired) electrons. The fourth-order valence-electron chi connectivity index (χ4n) is 3.95. The third-order valence-corrected chi connectivity index (χ3v) is 4.93. The van der Waals surface area contributed by atoms with E-state index in [2.05, 4.69) is 11.1 Å². The van der Waals surface area contributed by atoms with Crippen molar-refractivity contribution in [3.8, 4) is 5.75 Å². The number of allylic oxidation sites excluding steroid dienone is 5. The van der Waals surface area contributed by atoms with Gasteiger partial charge in [-0.05, 0) is 36.8 Å². The summed E-state index contributed by atoms with van der Waals surface area (Å²) in [5.74, 6) is 0.763. The van der Waals surface area contributed by atoms with Gasteiger partial charge in [-0.3, -0.25) is 0 Å². The number of alkyl halides is 3. The molecule has 0 aliphatic heterocycles. The summed E-state index contributed by atoms with van der Waals surface area (Å²) in [4.78, 5) is 3.43. The molecule has 3 aliphatic carbocycles. The predicted molar refractivity (Wildman–Crippen MR) is 79.3 cm³/mol. The van der Waals surface area contributed by atoms with Crippen molar-refractivity contribution in [2.75, 3.05) is 5.73 Å². The van der Waals surface area contributed by atoms with Crippen LogP contribution in [0.25, 0.3) is 0 Å². The lowest BCUT2D eigenvalue weighted by atomic mass is 9.74. The maximum absolute atomic E-state index is 13.2. The van der Waals surface area contributed by atoms with Gasteiger partial charge in [0.15, 0.2) is 11.4 Å². The molecule has 1 saturated carbocycles. The van der Waals surface area contributed by atoms with E-state index in [1.165, 1.54) is 6.07 Å². The third-order valence-electron chi connectivity index (χ3n) is 4.93. The van der Waals surface area contributed by atoms with E-state index in [4.69, 9.17) is 10.5 Å². The van der Waals surface area contributed by atoms with Crippen LogP contribution < -0.4 is 10.5 Å². The van der Waals surface area contributed by atoms with Gasteiger partial charge in [0.1, 0.15) is 5.76 Å². The largest absolute Gasteiger partial charge is 0.457 e. The van der Waals surface area contributed by atoms with Crippen LogP contribution in [0.1, 0.15) is 18.5 Å². The fraction of sp³-hybridized carbons (Fsp3) is 0.353. The molecule has 4 rings (SSSR count). The zero-order valence-corrected chi connectivity index (χ0v) is 12.2. The van der Waals surface area contributed by atoms with E-state index in [1.54, 1.807) is 0 Å². The summed E-state index contributed by atoms with van der Waals surface area (Å²) in [6.07, 6.45) is 8.30. The molecule has 6 heteroatoms. The van der Waals surface area contributed by atoms with Crippen LogP contribution in [0.2, 0.25) is 0 Å². The number of nitrogens with two attached hydrogens (primary N) is 1. The first kappa shape index (κ1) is 14.4. The average molecular weight is 320 g/mol. The van der Waals surface area contributed by atoms with E-state index in [1.807, 2.05) is 24.3 Å². The first-order chi connectivity index (χ1) is 10.9. The van der Waals surface area contributed by atoms with Gasteiger partial charge in [-0.2, -0.15) is 13.2 Å². The van der Waals surface area contributed by atoms with E-state index >= 15 is 0 Å². The molecule has 3 unspecified atom stereocenters. The van der Waals surface area contributed by atoms with Crippen molar-refractivity contribution in [3.63, 3.8) is 0 Å². The van der Waals surface area contributed by atoms with Crippen molar-refractivity contribution in [3.05, 3.63) is 54.1 Å². The molecule has 1 fully saturated rings. The highest BCUT2D eigenvalue weighted by molar-refractivity contribution is 5.56. The summed E-state index contributed by atoms with van der Waals surface area (Å²) in [7, 11) is 0. The van der Waals surface area contributed by atoms with Gasteiger partial charge in [0.2, 0.25) is 0 Å². The highest BCUT2D eigenvalue weighted by Gasteiger charge is 2.53. The monoisotopic (exact) mass is 320 g/mol. The summed E-state index contributed by atoms with van der Waals surface area (Å²) in [5, 5.41) is 0. The Kier molecular flexibility index (Phi) is 2.89. The second-order valence-corrected chi connectivity index (χ2v) is 6.30. The number of nitrogens with zero attached hydrogens (tertiary/aromatic N) is 1. The lowest BCUT2D eigenvalue weighted by molar-refractivity contribution is -0.142. The molecule has 3 atom stereocenters. The number of fused-ring (bicyclic) bond motifs is 1. The second kappa shape index (κ2) is 4.63. The van der Waals surface area contributed by atoms with Crippen LogP contribution in [-0.2, 0) is 6.18 Å². The average Bonchev–Trinajstić information content (AvgIpc) is 3.01. The normalized spacial score (nSPS) is 31.2. The van der Waals surface area contributed by atoms with Crippen LogP contribution >= 0.6 is 0 Å². The van der Waals surface area contributed by atoms with E-state index in [-0.39, 0.29) is 17.0 Å². The minimum atomic E-state index is -4.61. The van der Waals surface area contributed by atoms with E-state index < -0.39 is 17.6 Å². The molecule has 3 aliphatic rings. The van der Waals surface area contributed by atoms with Crippen molar-refractivity contribution < 1.29 is 17.9 Å². The number of anilines is 1. The molecule has 0 aromatic carbocycles. The topological polar surface area (TPSA) is 48.1 Å². The van der Waals surface area contributed by atoms with Gasteiger partial charge in [-0.15, -0.1) is 0 Å². The molecule has 1 spiro atoms. The van der Waals surface area contributed by atoms with Crippen molar-refractivity contribution in [1.29, 1.82) is 0 Å². The summed E-state index contributed by atoms with van der Waals surface area (Å²) in [6, 6.07) is 1.32. The van der Waals surface area contributed by atoms with Gasteiger partial charge in [0.25, 0.3) is 0 Å². The third kappa shape index (κ3) is 2.08. The number of hydrogen-bond donors (Lipinski definition) is 1. The molecule has 3 nitrogen and oxygen atoms in total. The maximum atomic E-state index is 13.2. The number of hydrogen-bond acceptors (Lipinski definition) is 3. The zero-order valence-electron chi connectivity index (χ0n) is 12.2. The number of aromatic nitrogens is 1. The highest BCUT2D eigenvalue weighted by Crippen LogP contribution is 2.60. The van der Waals surface area contributed by atoms with Gasteiger partial charge in [0.05, 0.1) is 11.1 Å². The molecule has 1 heterocycles. The van der Waals surface area contributed by atoms with Crippen LogP contribution in [0.4, 0.5) is 18.9 Å². The molecule has 1 aromatic rings. The minimum absolute atomic E-state index is 0.0562. The van der Waals surface area contributed by atoms with Crippen LogP contribution in [-0.4, -0.2) is 4.98 Å². The van der Waals surface area contributed by atoms with Gasteiger partial charge >= 0.3 is 6.18 Å². The van der Waals surface area contributed by atoms with Crippen molar-refractivity contribution in [2.45, 2.75) is 19.0 Å². The van der Waals surface area contributed by atoms with Crippen LogP contribution in [0.5, 0.6) is 5.75 Å². The first-order valence-corrected chi connectivity index (χ1v) is 7.48. The Hall–Kier alpha value is -2.24. The maximum Gasteiger partial charge on any atom is 0.437 e. The molecule has 2 N–H and O–H groups in total. The van der Waals surface area contributed by atoms with Crippen molar-refractivity contribution >= 4 is 5.69 Å². The molecule has 120 valence electrons. The Bertz CT molecular complexity index is 751. The minimum Gasteiger partial charge on any atom is -0.457 e. The Morgan fingerprint density at radius 1 is 1.30 bits per heavy atom. The van der Waals surface area contributed by atoms with E-state index in [9.17, 15) is 13.2 Å². The Labute approximate surface area is 131 Å². The van der Waals surface area contributed by atoms with Crippen molar-refractivity contribution in [1.82, 2.24) is 4.98 Å². The lowest BCUT2D eigenvalue weighted by Crippen LogP contribution is -2.29. The summed E-state index contributed by atoms with van der Waals surface area (Å²) in [5.41, 5.74) is 4.26. The van der Waals surface area contributed by atoms with Gasteiger partial charge in [0, 0.05) is 6.20 Å². The van der Waals surface area contributed by atoms with Crippen LogP contribution in [0.15, 0.2) is 48.4 Å². The smallest absolute Gasteiger partial charge is 0.437 e. The Morgan fingerprint density at radius 2 is 2.13 bits per heavy atom. The molecule has 23 heavy (non-hydrogen) atoms. The summed E-state index contributed by atoms with van der Waals surface area (Å²) < 4.78 is 45.3. The van der Waals surface area contributed by atoms with Gasteiger partial charge < -0.3 is 10.5 Å². The SMILES string of the molecule is Nc1ccnc(C(F)(F)F)c1OC1=CC2CC3C=CC=CC13C2. The summed E-state index contributed by atoms with van der Waals surface area (Å²) >= 11 is 0. The zero-order chi connectivity index (χ0) is 16.2. The van der Waals surface area contributed by atoms with Crippen LogP contribution in [0, 0.1) is 17.3 Å². The van der Waals surface area contributed by atoms with Crippen LogP contribution in [0.3, 0.4) is 0 Å². The number of nitrogen functional groups attached to an aromatic ring is 1. The first-order valence-electron chi connectivity index (χ1n) is 7.48. The Balaban J connectivity index is 1.74. The number of halogens is 3. The molecule has 0 amide bonds. The molecule has 0 saturated heterocycles. The number of pyridine rings is 1. The quantitative estimate of drug-likeness (QED) is 0.892. The van der Waals surface area contributed by atoms with Crippen molar-refractivity contribution in [2.24, 2.45) is 17.3 Å². The standard InChI is InChI=1S/C17H15F3N2O/c18-17(19,20)15-14(12(21)4-6-22-15)23-13-8-10-7-11-3-1-2-5-16(11,13)9-10/h1-6,8,10-11H,7,9H2,(H2,21,22). The van der Waals surface area contributed by atoms with Gasteiger partial charge in [-0.25, -0.2) is 4.98 Å². The number of rotatable bonds is 2. The molecular formula is C17H15F3N2O. The lowest BCUT2D eigenvalue weighted by Gasteiger charge is -2.34. The van der Waals surface area contributed by atoms with E-state index in [0.29, 0.717) is 11.7 Å². The molecular weight excluding hydrogens is 305 g/mol. The second-order valence-electron chi connectivity index (χ2n) is 6.30. The predicted octanol–water partition coefficient (Wildman–Crippen LogP) is 4.10. The number of ether oxygens (including phenoxy) is 1.